The molecule has 0 amide bonds. The third-order valence-corrected chi connectivity index (χ3v) is 5.50. The molecule has 0 atom stereocenters. The third kappa shape index (κ3) is 2.55. The Morgan fingerprint density at radius 3 is 2.84 bits per heavy atom. The van der Waals surface area contributed by atoms with Gasteiger partial charge in [0.15, 0.2) is 4.96 Å². The molecule has 0 fully saturated rings. The smallest absolute Gasteiger partial charge is 0.312 e. The molecule has 1 N–H and O–H groups in total. The zero-order valence-corrected chi connectivity index (χ0v) is 15.3. The quantitative estimate of drug-likeness (QED) is 0.279. The predicted octanol–water partition coefficient (Wildman–Crippen LogP) is 2.68. The van der Waals surface area contributed by atoms with Crippen LogP contribution < -0.4 is 10.1 Å². The number of imidazole rings is 1. The number of aromatic hydroxyl groups is 1. The van der Waals surface area contributed by atoms with Gasteiger partial charge in [0.2, 0.25) is 5.75 Å². The van der Waals surface area contributed by atoms with Gasteiger partial charge in [-0.2, -0.15) is 0 Å². The first-order chi connectivity index (χ1) is 12.0. The molecule has 0 radical (unpaired) electrons. The summed E-state index contributed by atoms with van der Waals surface area (Å²) in [6.07, 6.45) is 1.57. The first-order valence-corrected chi connectivity index (χ1v) is 8.94. The molecule has 0 aliphatic rings. The van der Waals surface area contributed by atoms with Crippen molar-refractivity contribution in [1.29, 1.82) is 0 Å². The van der Waals surface area contributed by atoms with Crippen LogP contribution in [0.4, 0.5) is 5.69 Å². The summed E-state index contributed by atoms with van der Waals surface area (Å²) >= 11 is 3.04. The molecule has 0 bridgehead atoms. The highest BCUT2D eigenvalue weighted by atomic mass is 127. The van der Waals surface area contributed by atoms with Crippen LogP contribution in [-0.4, -0.2) is 19.4 Å². The second kappa shape index (κ2) is 5.77. The number of nitrogens with zero attached hydrogens (tertiary/aromatic N) is 3. The largest absolute Gasteiger partial charge is 0.501 e. The van der Waals surface area contributed by atoms with Crippen molar-refractivity contribution in [3.8, 4) is 5.75 Å². The third-order valence-electron chi connectivity index (χ3n) is 3.71. The lowest BCUT2D eigenvalue weighted by atomic mass is 10.2. The molecule has 2 aromatic carbocycles. The molecular weight excluding hydrogens is 457 g/mol. The van der Waals surface area contributed by atoms with Crippen molar-refractivity contribution in [2.45, 2.75) is 0 Å². The number of aromatic nitrogens is 2. The van der Waals surface area contributed by atoms with Gasteiger partial charge in [-0.1, -0.05) is 23.5 Å². The van der Waals surface area contributed by atoms with Crippen LogP contribution in [-0.2, 0) is 0 Å². The van der Waals surface area contributed by atoms with Gasteiger partial charge in [0.25, 0.3) is 5.56 Å². The van der Waals surface area contributed by atoms with Crippen LogP contribution in [0, 0.1) is 13.7 Å². The molecule has 7 nitrogen and oxygen atoms in total. The van der Waals surface area contributed by atoms with E-state index in [2.05, 4.69) is 4.98 Å². The number of hydrogen-bond acceptors (Lipinski definition) is 6. The number of nitro benzene ring substituents is 1. The van der Waals surface area contributed by atoms with Gasteiger partial charge in [0.1, 0.15) is 0 Å². The van der Waals surface area contributed by atoms with Crippen molar-refractivity contribution in [2.75, 3.05) is 0 Å². The standard InChI is InChI=1S/C16H8IN3O4S/c17-9-5-8(6-12(14(9)21)20(23)24)7-13-15(22)19-11-4-2-1-3-10(11)18-16(19)25-13/h1-7,21H/b13-7+. The van der Waals surface area contributed by atoms with Gasteiger partial charge < -0.3 is 5.11 Å². The minimum atomic E-state index is -0.651. The van der Waals surface area contributed by atoms with Crippen molar-refractivity contribution in [1.82, 2.24) is 9.38 Å². The van der Waals surface area contributed by atoms with Gasteiger partial charge in [-0.05, 0) is 52.4 Å². The van der Waals surface area contributed by atoms with Crippen LogP contribution in [0.3, 0.4) is 0 Å². The zero-order chi connectivity index (χ0) is 17.7. The average molecular weight is 465 g/mol. The first kappa shape index (κ1) is 16.0. The lowest BCUT2D eigenvalue weighted by molar-refractivity contribution is -0.386. The number of halogens is 1. The van der Waals surface area contributed by atoms with Crippen molar-refractivity contribution in [3.63, 3.8) is 0 Å². The summed E-state index contributed by atoms with van der Waals surface area (Å²) in [5, 5.41) is 20.8. The van der Waals surface area contributed by atoms with Crippen LogP contribution in [0.25, 0.3) is 22.1 Å². The van der Waals surface area contributed by atoms with Gasteiger partial charge in [0.05, 0.1) is 24.1 Å². The molecule has 0 aliphatic heterocycles. The number of rotatable bonds is 2. The summed E-state index contributed by atoms with van der Waals surface area (Å²) in [5.74, 6) is -0.378. The average Bonchev–Trinajstić information content (AvgIpc) is 3.07. The van der Waals surface area contributed by atoms with Crippen molar-refractivity contribution >= 4 is 61.7 Å². The molecular formula is C16H8IN3O4S. The lowest BCUT2D eigenvalue weighted by Gasteiger charge is -2.00. The normalized spacial score (nSPS) is 12.3. The predicted molar refractivity (Wildman–Crippen MR) is 103 cm³/mol. The van der Waals surface area contributed by atoms with Crippen LogP contribution in [0.15, 0.2) is 41.2 Å². The maximum Gasteiger partial charge on any atom is 0.312 e. The fourth-order valence-corrected chi connectivity index (χ4v) is 4.21. The Morgan fingerprint density at radius 1 is 1.32 bits per heavy atom. The van der Waals surface area contributed by atoms with Crippen LogP contribution >= 0.6 is 33.9 Å². The van der Waals surface area contributed by atoms with Crippen molar-refractivity contribution < 1.29 is 10.0 Å². The van der Waals surface area contributed by atoms with E-state index in [9.17, 15) is 20.0 Å². The maximum atomic E-state index is 12.7. The highest BCUT2D eigenvalue weighted by molar-refractivity contribution is 14.1. The highest BCUT2D eigenvalue weighted by Gasteiger charge is 2.17. The van der Waals surface area contributed by atoms with E-state index in [1.807, 2.05) is 46.9 Å². The Hall–Kier alpha value is -2.53. The van der Waals surface area contributed by atoms with E-state index in [1.165, 1.54) is 21.8 Å². The molecule has 4 rings (SSSR count). The van der Waals surface area contributed by atoms with E-state index in [0.29, 0.717) is 18.6 Å². The molecule has 0 saturated carbocycles. The Labute approximate surface area is 157 Å². The fraction of sp³-hybridized carbons (Fsp3) is 0. The summed E-state index contributed by atoms with van der Waals surface area (Å²) in [7, 11) is 0. The van der Waals surface area contributed by atoms with Crippen LogP contribution in [0.5, 0.6) is 5.75 Å². The second-order valence-corrected chi connectivity index (χ2v) is 7.43. The Kier molecular flexibility index (Phi) is 3.69. The van der Waals surface area contributed by atoms with Crippen LogP contribution in [0.1, 0.15) is 5.56 Å². The number of phenols is 1. The maximum absolute atomic E-state index is 12.7. The molecule has 25 heavy (non-hydrogen) atoms. The summed E-state index contributed by atoms with van der Waals surface area (Å²) in [6, 6.07) is 10.2. The van der Waals surface area contributed by atoms with Gasteiger partial charge in [-0.15, -0.1) is 0 Å². The minimum absolute atomic E-state index is 0.223. The monoisotopic (exact) mass is 465 g/mol. The van der Waals surface area contributed by atoms with E-state index in [4.69, 9.17) is 0 Å². The Morgan fingerprint density at radius 2 is 2.08 bits per heavy atom. The number of fused-ring (bicyclic) bond motifs is 3. The summed E-state index contributed by atoms with van der Waals surface area (Å²) in [6.45, 7) is 0. The molecule has 0 saturated heterocycles. The molecule has 0 spiro atoms. The first-order valence-electron chi connectivity index (χ1n) is 7.04. The van der Waals surface area contributed by atoms with Gasteiger partial charge in [0, 0.05) is 6.07 Å². The number of thiazole rings is 1. The van der Waals surface area contributed by atoms with E-state index in [1.54, 1.807) is 12.1 Å². The molecule has 2 aromatic heterocycles. The van der Waals surface area contributed by atoms with Crippen LogP contribution in [0.2, 0.25) is 0 Å². The fourth-order valence-electron chi connectivity index (χ4n) is 2.59. The van der Waals surface area contributed by atoms with Gasteiger partial charge >= 0.3 is 5.69 Å². The molecule has 2 heterocycles. The Bertz CT molecular complexity index is 1280. The van der Waals surface area contributed by atoms with Crippen molar-refractivity contribution in [3.05, 3.63) is 70.5 Å². The summed E-state index contributed by atoms with van der Waals surface area (Å²) in [5.41, 5.74) is 1.33. The number of phenolic OH excluding ortho intramolecular Hbond substituents is 1. The molecule has 0 aliphatic carbocycles. The molecule has 4 aromatic rings. The number of hydrogen-bond donors (Lipinski definition) is 1. The number of benzene rings is 2. The highest BCUT2D eigenvalue weighted by Crippen LogP contribution is 2.32. The number of nitro groups is 1. The van der Waals surface area contributed by atoms with E-state index < -0.39 is 10.6 Å². The lowest BCUT2D eigenvalue weighted by Crippen LogP contribution is -2.22. The molecule has 0 unspecified atom stereocenters. The number of para-hydroxylation sites is 2. The summed E-state index contributed by atoms with van der Waals surface area (Å²) in [4.78, 5) is 28.1. The SMILES string of the molecule is O=c1/c(=C\c2cc(I)c(O)c([N+](=O)[O-])c2)sc2nc3ccccc3n12. The second-order valence-electron chi connectivity index (χ2n) is 5.26. The topological polar surface area (TPSA) is 97.7 Å². The molecule has 124 valence electrons. The van der Waals surface area contributed by atoms with E-state index in [0.717, 1.165) is 11.0 Å². The van der Waals surface area contributed by atoms with Gasteiger partial charge in [-0.3, -0.25) is 14.9 Å². The summed E-state index contributed by atoms with van der Waals surface area (Å²) < 4.78 is 2.30. The molecule has 9 heteroatoms. The zero-order valence-electron chi connectivity index (χ0n) is 12.3. The van der Waals surface area contributed by atoms with E-state index in [-0.39, 0.29) is 11.3 Å². The minimum Gasteiger partial charge on any atom is -0.501 e. The van der Waals surface area contributed by atoms with Crippen molar-refractivity contribution in [2.24, 2.45) is 0 Å². The van der Waals surface area contributed by atoms with Gasteiger partial charge in [-0.25, -0.2) is 9.38 Å². The van der Waals surface area contributed by atoms with E-state index >= 15 is 0 Å². The Balaban J connectivity index is 1.97.